The number of rotatable bonds is 5. The van der Waals surface area contributed by atoms with E-state index in [0.717, 1.165) is 0 Å². The van der Waals surface area contributed by atoms with Crippen molar-refractivity contribution in [1.29, 1.82) is 0 Å². The second-order valence-electron chi connectivity index (χ2n) is 4.75. The molecule has 0 saturated heterocycles. The monoisotopic (exact) mass is 278 g/mol. The molecule has 20 heavy (non-hydrogen) atoms. The molecule has 1 N–H and O–H groups in total. The summed E-state index contributed by atoms with van der Waals surface area (Å²) in [7, 11) is 1.48. The van der Waals surface area contributed by atoms with Gasteiger partial charge in [0.15, 0.2) is 11.5 Å². The lowest BCUT2D eigenvalue weighted by atomic mass is 10.1. The van der Waals surface area contributed by atoms with Gasteiger partial charge in [0.25, 0.3) is 5.89 Å². The Hall–Kier alpha value is -2.08. The van der Waals surface area contributed by atoms with Crippen LogP contribution >= 0.6 is 0 Å². The normalized spacial score (nSPS) is 11.6. The Bertz CT molecular complexity index is 593. The third-order valence-electron chi connectivity index (χ3n) is 2.90. The van der Waals surface area contributed by atoms with Crippen LogP contribution in [0.25, 0.3) is 11.5 Å². The van der Waals surface area contributed by atoms with Gasteiger partial charge in [-0.15, -0.1) is 0 Å². The number of phenols is 1. The van der Waals surface area contributed by atoms with Crippen molar-refractivity contribution in [2.24, 2.45) is 0 Å². The molecule has 0 radical (unpaired) electrons. The van der Waals surface area contributed by atoms with Gasteiger partial charge in [0, 0.05) is 12.2 Å². The predicted molar refractivity (Wildman–Crippen MR) is 72.6 cm³/mol. The maximum Gasteiger partial charge on any atom is 0.258 e. The summed E-state index contributed by atoms with van der Waals surface area (Å²) in [4.78, 5) is 4.34. The number of hydrogen-bond donors (Lipinski definition) is 1. The van der Waals surface area contributed by atoms with Gasteiger partial charge in [-0.05, 0) is 39.0 Å². The lowest BCUT2D eigenvalue weighted by molar-refractivity contribution is -0.0221. The first kappa shape index (κ1) is 14.3. The second-order valence-corrected chi connectivity index (χ2v) is 4.75. The highest BCUT2D eigenvalue weighted by Crippen LogP contribution is 2.31. The first-order valence-corrected chi connectivity index (χ1v) is 6.33. The third-order valence-corrected chi connectivity index (χ3v) is 2.90. The molecular formula is C14H18N2O4. The van der Waals surface area contributed by atoms with Crippen LogP contribution in [0.3, 0.4) is 0 Å². The molecule has 6 nitrogen and oxygen atoms in total. The maximum absolute atomic E-state index is 9.57. The first-order chi connectivity index (χ1) is 9.47. The predicted octanol–water partition coefficient (Wildman–Crippen LogP) is 2.72. The Morgan fingerprint density at radius 2 is 2.10 bits per heavy atom. The maximum atomic E-state index is 9.57. The van der Waals surface area contributed by atoms with E-state index in [1.807, 2.05) is 20.8 Å². The van der Waals surface area contributed by atoms with Crippen molar-refractivity contribution < 1.29 is 19.1 Å². The first-order valence-electron chi connectivity index (χ1n) is 6.33. The average molecular weight is 278 g/mol. The smallest absolute Gasteiger partial charge is 0.258 e. The minimum atomic E-state index is -0.614. The topological polar surface area (TPSA) is 77.6 Å². The summed E-state index contributed by atoms with van der Waals surface area (Å²) in [6, 6.07) is 4.84. The van der Waals surface area contributed by atoms with Crippen LogP contribution in [0.2, 0.25) is 0 Å². The molecule has 0 unspecified atom stereocenters. The lowest BCUT2D eigenvalue weighted by Crippen LogP contribution is -2.23. The van der Waals surface area contributed by atoms with E-state index in [4.69, 9.17) is 14.0 Å². The highest BCUT2D eigenvalue weighted by atomic mass is 16.5. The Labute approximate surface area is 117 Å². The molecule has 0 amide bonds. The number of benzene rings is 1. The SMILES string of the molecule is CCOC(C)(C)c1noc(-c2ccc(O)c(OC)c2)n1. The molecule has 6 heteroatoms. The van der Waals surface area contributed by atoms with Gasteiger partial charge in [0.1, 0.15) is 5.60 Å². The van der Waals surface area contributed by atoms with E-state index < -0.39 is 5.60 Å². The lowest BCUT2D eigenvalue weighted by Gasteiger charge is -2.19. The molecular weight excluding hydrogens is 260 g/mol. The summed E-state index contributed by atoms with van der Waals surface area (Å²) in [6.07, 6.45) is 0. The molecule has 2 aromatic rings. The number of methoxy groups -OCH3 is 1. The Kier molecular flexibility index (Phi) is 3.94. The number of nitrogens with zero attached hydrogens (tertiary/aromatic N) is 2. The summed E-state index contributed by atoms with van der Waals surface area (Å²) in [5, 5.41) is 13.5. The van der Waals surface area contributed by atoms with E-state index in [-0.39, 0.29) is 5.75 Å². The van der Waals surface area contributed by atoms with Crippen LogP contribution < -0.4 is 4.74 Å². The van der Waals surface area contributed by atoms with Crippen molar-refractivity contribution >= 4 is 0 Å². The van der Waals surface area contributed by atoms with Crippen molar-refractivity contribution in [2.75, 3.05) is 13.7 Å². The Morgan fingerprint density at radius 1 is 1.35 bits per heavy atom. The van der Waals surface area contributed by atoms with E-state index >= 15 is 0 Å². The molecule has 1 aromatic heterocycles. The van der Waals surface area contributed by atoms with Crippen molar-refractivity contribution in [1.82, 2.24) is 10.1 Å². The van der Waals surface area contributed by atoms with Gasteiger partial charge in [-0.25, -0.2) is 0 Å². The fraction of sp³-hybridized carbons (Fsp3) is 0.429. The fourth-order valence-electron chi connectivity index (χ4n) is 1.82. The number of hydrogen-bond acceptors (Lipinski definition) is 6. The molecule has 1 heterocycles. The van der Waals surface area contributed by atoms with Crippen molar-refractivity contribution in [3.05, 3.63) is 24.0 Å². The standard InChI is InChI=1S/C14H18N2O4/c1-5-19-14(2,3)13-15-12(20-16-13)9-6-7-10(17)11(8-9)18-4/h6-8,17H,5H2,1-4H3. The van der Waals surface area contributed by atoms with E-state index in [1.54, 1.807) is 12.1 Å². The van der Waals surface area contributed by atoms with Crippen LogP contribution in [0.1, 0.15) is 26.6 Å². The number of aromatic nitrogens is 2. The molecule has 0 aliphatic carbocycles. The zero-order chi connectivity index (χ0) is 14.8. The van der Waals surface area contributed by atoms with Gasteiger partial charge in [-0.2, -0.15) is 4.98 Å². The van der Waals surface area contributed by atoms with Crippen molar-refractivity contribution in [3.63, 3.8) is 0 Å². The summed E-state index contributed by atoms with van der Waals surface area (Å²) in [5.41, 5.74) is 0.0584. The molecule has 0 saturated carbocycles. The molecule has 2 rings (SSSR count). The van der Waals surface area contributed by atoms with Crippen LogP contribution in [-0.4, -0.2) is 29.0 Å². The van der Waals surface area contributed by atoms with Crippen molar-refractivity contribution in [2.45, 2.75) is 26.4 Å². The summed E-state index contributed by atoms with van der Waals surface area (Å²) >= 11 is 0. The molecule has 0 bridgehead atoms. The number of aromatic hydroxyl groups is 1. The average Bonchev–Trinajstić information content (AvgIpc) is 2.89. The number of ether oxygens (including phenoxy) is 2. The van der Waals surface area contributed by atoms with Gasteiger partial charge in [0.05, 0.1) is 7.11 Å². The number of phenolic OH excluding ortho intramolecular Hbond substituents is 1. The summed E-state index contributed by atoms with van der Waals surface area (Å²) in [6.45, 7) is 6.22. The molecule has 0 fully saturated rings. The Balaban J connectivity index is 2.33. The van der Waals surface area contributed by atoms with Gasteiger partial charge in [-0.3, -0.25) is 0 Å². The molecule has 0 atom stereocenters. The van der Waals surface area contributed by atoms with Gasteiger partial charge in [-0.1, -0.05) is 5.16 Å². The largest absolute Gasteiger partial charge is 0.504 e. The van der Waals surface area contributed by atoms with Crippen LogP contribution in [0.15, 0.2) is 22.7 Å². The fourth-order valence-corrected chi connectivity index (χ4v) is 1.82. The Morgan fingerprint density at radius 3 is 2.75 bits per heavy atom. The quantitative estimate of drug-likeness (QED) is 0.906. The van der Waals surface area contributed by atoms with Crippen LogP contribution in [0, 0.1) is 0 Å². The van der Waals surface area contributed by atoms with Gasteiger partial charge in [0.2, 0.25) is 5.82 Å². The van der Waals surface area contributed by atoms with Gasteiger partial charge >= 0.3 is 0 Å². The molecule has 0 spiro atoms. The zero-order valence-corrected chi connectivity index (χ0v) is 12.0. The second kappa shape index (κ2) is 5.50. The summed E-state index contributed by atoms with van der Waals surface area (Å²) in [5.74, 6) is 1.24. The third kappa shape index (κ3) is 2.75. The van der Waals surface area contributed by atoms with Crippen LogP contribution in [0.5, 0.6) is 11.5 Å². The van der Waals surface area contributed by atoms with Crippen LogP contribution in [-0.2, 0) is 10.3 Å². The van der Waals surface area contributed by atoms with Crippen LogP contribution in [0.4, 0.5) is 0 Å². The van der Waals surface area contributed by atoms with E-state index in [2.05, 4.69) is 10.1 Å². The molecule has 108 valence electrons. The van der Waals surface area contributed by atoms with Crippen molar-refractivity contribution in [3.8, 4) is 23.0 Å². The minimum absolute atomic E-state index is 0.0608. The highest BCUT2D eigenvalue weighted by Gasteiger charge is 2.27. The molecule has 1 aromatic carbocycles. The van der Waals surface area contributed by atoms with E-state index in [1.165, 1.54) is 13.2 Å². The highest BCUT2D eigenvalue weighted by molar-refractivity contribution is 5.59. The molecule has 0 aliphatic rings. The van der Waals surface area contributed by atoms with Gasteiger partial charge < -0.3 is 19.1 Å². The zero-order valence-electron chi connectivity index (χ0n) is 12.0. The van der Waals surface area contributed by atoms with E-state index in [0.29, 0.717) is 29.6 Å². The summed E-state index contributed by atoms with van der Waals surface area (Å²) < 4.78 is 15.9. The van der Waals surface area contributed by atoms with E-state index in [9.17, 15) is 5.11 Å². The minimum Gasteiger partial charge on any atom is -0.504 e. The molecule has 0 aliphatic heterocycles.